The van der Waals surface area contributed by atoms with Crippen molar-refractivity contribution in [3.63, 3.8) is 0 Å². The summed E-state index contributed by atoms with van der Waals surface area (Å²) in [5, 5.41) is 5.67. The molecule has 1 rings (SSSR count). The molecule has 118 valence electrons. The van der Waals surface area contributed by atoms with Crippen LogP contribution < -0.4 is 10.6 Å². The number of carbonyl (C=O) groups excluding carboxylic acids is 1. The van der Waals surface area contributed by atoms with Crippen LogP contribution in [0.25, 0.3) is 0 Å². The van der Waals surface area contributed by atoms with Gasteiger partial charge in [0.25, 0.3) is 0 Å². The van der Waals surface area contributed by atoms with Crippen LogP contribution in [-0.4, -0.2) is 46.3 Å². The predicted molar refractivity (Wildman–Crippen MR) is 84.0 cm³/mol. The summed E-state index contributed by atoms with van der Waals surface area (Å²) in [4.78, 5) is 12.0. The SMILES string of the molecule is CNCCC(=O)Nc1cc(S(=O)(=O)N(C)C)cc(C)c1C. The smallest absolute Gasteiger partial charge is 0.242 e. The fraction of sp³-hybridized carbons (Fsp3) is 0.500. The molecule has 0 saturated heterocycles. The lowest BCUT2D eigenvalue weighted by molar-refractivity contribution is -0.116. The van der Waals surface area contributed by atoms with Crippen LogP contribution in [0, 0.1) is 13.8 Å². The van der Waals surface area contributed by atoms with E-state index in [2.05, 4.69) is 10.6 Å². The Balaban J connectivity index is 3.16. The summed E-state index contributed by atoms with van der Waals surface area (Å²) < 4.78 is 25.6. The second kappa shape index (κ2) is 7.02. The molecule has 21 heavy (non-hydrogen) atoms. The van der Waals surface area contributed by atoms with Crippen LogP contribution in [0.15, 0.2) is 17.0 Å². The van der Waals surface area contributed by atoms with Crippen LogP contribution in [0.2, 0.25) is 0 Å². The first-order valence-electron chi connectivity index (χ1n) is 6.68. The van der Waals surface area contributed by atoms with E-state index < -0.39 is 10.0 Å². The van der Waals surface area contributed by atoms with Gasteiger partial charge in [0.1, 0.15) is 0 Å². The van der Waals surface area contributed by atoms with Crippen molar-refractivity contribution in [3.8, 4) is 0 Å². The van der Waals surface area contributed by atoms with Gasteiger partial charge in [-0.15, -0.1) is 0 Å². The van der Waals surface area contributed by atoms with Crippen molar-refractivity contribution in [1.82, 2.24) is 9.62 Å². The number of rotatable bonds is 6. The van der Waals surface area contributed by atoms with Gasteiger partial charge in [-0.3, -0.25) is 4.79 Å². The van der Waals surface area contributed by atoms with Crippen LogP contribution in [0.1, 0.15) is 17.5 Å². The molecular formula is C14H23N3O3S. The standard InChI is InChI=1S/C14H23N3O3S/c1-10-8-12(21(19,20)17(4)5)9-13(11(10)2)16-14(18)6-7-15-3/h8-9,15H,6-7H2,1-5H3,(H,16,18). The van der Waals surface area contributed by atoms with E-state index in [1.165, 1.54) is 20.2 Å². The number of anilines is 1. The Labute approximate surface area is 126 Å². The maximum Gasteiger partial charge on any atom is 0.242 e. The molecule has 0 spiro atoms. The highest BCUT2D eigenvalue weighted by Gasteiger charge is 2.20. The molecule has 1 aromatic rings. The summed E-state index contributed by atoms with van der Waals surface area (Å²) in [5.41, 5.74) is 2.23. The molecule has 1 amide bonds. The molecule has 0 aliphatic carbocycles. The maximum absolute atomic E-state index is 12.2. The van der Waals surface area contributed by atoms with Gasteiger partial charge >= 0.3 is 0 Å². The van der Waals surface area contributed by atoms with Crippen molar-refractivity contribution in [2.24, 2.45) is 0 Å². The molecule has 0 saturated carbocycles. The summed E-state index contributed by atoms with van der Waals surface area (Å²) in [6, 6.07) is 3.13. The van der Waals surface area contributed by atoms with Gasteiger partial charge in [0.05, 0.1) is 4.90 Å². The average Bonchev–Trinajstić information content (AvgIpc) is 2.40. The summed E-state index contributed by atoms with van der Waals surface area (Å²) >= 11 is 0. The molecule has 7 heteroatoms. The van der Waals surface area contributed by atoms with Crippen LogP contribution in [0.5, 0.6) is 0 Å². The molecule has 0 aliphatic heterocycles. The molecule has 6 nitrogen and oxygen atoms in total. The Morgan fingerprint density at radius 3 is 2.38 bits per heavy atom. The lowest BCUT2D eigenvalue weighted by atomic mass is 10.1. The maximum atomic E-state index is 12.2. The van der Waals surface area contributed by atoms with Gasteiger partial charge in [-0.2, -0.15) is 0 Å². The molecule has 2 N–H and O–H groups in total. The highest BCUT2D eigenvalue weighted by atomic mass is 32.2. The fourth-order valence-electron chi connectivity index (χ4n) is 1.77. The van der Waals surface area contributed by atoms with Crippen LogP contribution >= 0.6 is 0 Å². The Kier molecular flexibility index (Phi) is 5.88. The quantitative estimate of drug-likeness (QED) is 0.824. The zero-order chi connectivity index (χ0) is 16.2. The van der Waals surface area contributed by atoms with E-state index in [0.29, 0.717) is 18.7 Å². The number of hydrogen-bond donors (Lipinski definition) is 2. The Bertz CT molecular complexity index is 625. The minimum Gasteiger partial charge on any atom is -0.326 e. The zero-order valence-corrected chi connectivity index (χ0v) is 14.0. The predicted octanol–water partition coefficient (Wildman–Crippen LogP) is 1.10. The molecular weight excluding hydrogens is 290 g/mol. The molecule has 0 radical (unpaired) electrons. The summed E-state index contributed by atoms with van der Waals surface area (Å²) in [6.07, 6.45) is 0.333. The molecule has 1 aromatic carbocycles. The van der Waals surface area contributed by atoms with Crippen LogP contribution in [0.4, 0.5) is 5.69 Å². The first-order chi connectivity index (χ1) is 9.70. The van der Waals surface area contributed by atoms with E-state index in [9.17, 15) is 13.2 Å². The normalized spacial score (nSPS) is 11.7. The molecule has 0 aliphatic rings. The highest BCUT2D eigenvalue weighted by Crippen LogP contribution is 2.25. The number of nitrogens with one attached hydrogen (secondary N) is 2. The summed E-state index contributed by atoms with van der Waals surface area (Å²) in [6.45, 7) is 4.25. The number of benzene rings is 1. The minimum absolute atomic E-state index is 0.147. The Morgan fingerprint density at radius 2 is 1.86 bits per heavy atom. The third kappa shape index (κ3) is 4.26. The van der Waals surface area contributed by atoms with Crippen LogP contribution in [0.3, 0.4) is 0 Å². The van der Waals surface area contributed by atoms with E-state index >= 15 is 0 Å². The summed E-state index contributed by atoms with van der Waals surface area (Å²) in [7, 11) is 1.21. The lowest BCUT2D eigenvalue weighted by Crippen LogP contribution is -2.23. The van der Waals surface area contributed by atoms with Gasteiger partial charge in [0.2, 0.25) is 15.9 Å². The number of aryl methyl sites for hydroxylation is 1. The topological polar surface area (TPSA) is 78.5 Å². The van der Waals surface area contributed by atoms with Gasteiger partial charge in [0.15, 0.2) is 0 Å². The zero-order valence-electron chi connectivity index (χ0n) is 13.1. The van der Waals surface area contributed by atoms with E-state index in [4.69, 9.17) is 0 Å². The first kappa shape index (κ1) is 17.6. The molecule has 0 bridgehead atoms. The van der Waals surface area contributed by atoms with Gasteiger partial charge in [-0.1, -0.05) is 0 Å². The van der Waals surface area contributed by atoms with Crippen molar-refractivity contribution in [2.75, 3.05) is 33.0 Å². The summed E-state index contributed by atoms with van der Waals surface area (Å²) in [5.74, 6) is -0.147. The average molecular weight is 313 g/mol. The number of nitrogens with zero attached hydrogens (tertiary/aromatic N) is 1. The van der Waals surface area contributed by atoms with Crippen molar-refractivity contribution >= 4 is 21.6 Å². The van der Waals surface area contributed by atoms with E-state index in [0.717, 1.165) is 15.4 Å². The third-order valence-corrected chi connectivity index (χ3v) is 5.09. The first-order valence-corrected chi connectivity index (χ1v) is 8.12. The Morgan fingerprint density at radius 1 is 1.24 bits per heavy atom. The van der Waals surface area contributed by atoms with E-state index in [-0.39, 0.29) is 10.8 Å². The van der Waals surface area contributed by atoms with Crippen molar-refractivity contribution in [2.45, 2.75) is 25.2 Å². The monoisotopic (exact) mass is 313 g/mol. The van der Waals surface area contributed by atoms with Gasteiger partial charge in [0, 0.05) is 32.7 Å². The van der Waals surface area contributed by atoms with Crippen molar-refractivity contribution in [1.29, 1.82) is 0 Å². The highest BCUT2D eigenvalue weighted by molar-refractivity contribution is 7.89. The minimum atomic E-state index is -3.52. The van der Waals surface area contributed by atoms with Crippen molar-refractivity contribution < 1.29 is 13.2 Å². The number of carbonyl (C=O) groups is 1. The molecule has 0 unspecified atom stereocenters. The largest absolute Gasteiger partial charge is 0.326 e. The fourth-order valence-corrected chi connectivity index (χ4v) is 2.78. The number of sulfonamides is 1. The molecule has 0 heterocycles. The molecule has 0 aromatic heterocycles. The van der Waals surface area contributed by atoms with Gasteiger partial charge in [-0.05, 0) is 44.2 Å². The third-order valence-electron chi connectivity index (χ3n) is 3.30. The van der Waals surface area contributed by atoms with Gasteiger partial charge in [-0.25, -0.2) is 12.7 Å². The molecule has 0 atom stereocenters. The second-order valence-electron chi connectivity index (χ2n) is 5.10. The van der Waals surface area contributed by atoms with Crippen LogP contribution in [-0.2, 0) is 14.8 Å². The van der Waals surface area contributed by atoms with Crippen molar-refractivity contribution in [3.05, 3.63) is 23.3 Å². The number of amides is 1. The lowest BCUT2D eigenvalue weighted by Gasteiger charge is -2.16. The Hall–Kier alpha value is -1.44. The van der Waals surface area contributed by atoms with E-state index in [1.54, 1.807) is 13.1 Å². The molecule has 0 fully saturated rings. The second-order valence-corrected chi connectivity index (χ2v) is 7.25. The van der Waals surface area contributed by atoms with E-state index in [1.807, 2.05) is 13.8 Å². The number of hydrogen-bond acceptors (Lipinski definition) is 4. The van der Waals surface area contributed by atoms with Gasteiger partial charge < -0.3 is 10.6 Å².